The quantitative estimate of drug-likeness (QED) is 0.733. The van der Waals surface area contributed by atoms with Crippen LogP contribution >= 0.6 is 23.6 Å². The SMILES string of the molecule is C=C1NC(=S)NC(c2cccs2)C1C(=O)Nc1ccccc1OC. The lowest BCUT2D eigenvalue weighted by molar-refractivity contribution is -0.119. The van der Waals surface area contributed by atoms with Crippen LogP contribution in [0.5, 0.6) is 5.75 Å². The minimum Gasteiger partial charge on any atom is -0.495 e. The molecule has 0 aliphatic carbocycles. The first-order chi connectivity index (χ1) is 11.6. The highest BCUT2D eigenvalue weighted by Gasteiger charge is 2.37. The van der Waals surface area contributed by atoms with Gasteiger partial charge in [0.15, 0.2) is 5.11 Å². The summed E-state index contributed by atoms with van der Waals surface area (Å²) in [4.78, 5) is 13.9. The molecule has 1 aliphatic rings. The van der Waals surface area contributed by atoms with Gasteiger partial charge in [0.1, 0.15) is 11.7 Å². The van der Waals surface area contributed by atoms with Crippen LogP contribution in [0.1, 0.15) is 10.9 Å². The number of thiophene rings is 1. The van der Waals surface area contributed by atoms with Gasteiger partial charge in [0.05, 0.1) is 18.8 Å². The summed E-state index contributed by atoms with van der Waals surface area (Å²) in [6.07, 6.45) is 0. The number of nitrogens with one attached hydrogen (secondary N) is 3. The Hall–Kier alpha value is -2.38. The highest BCUT2D eigenvalue weighted by Crippen LogP contribution is 2.33. The Morgan fingerprint density at radius 2 is 2.12 bits per heavy atom. The number of hydrogen-bond acceptors (Lipinski definition) is 4. The van der Waals surface area contributed by atoms with E-state index >= 15 is 0 Å². The molecule has 1 amide bonds. The predicted molar refractivity (Wildman–Crippen MR) is 100 cm³/mol. The third-order valence-corrected chi connectivity index (χ3v) is 4.94. The highest BCUT2D eigenvalue weighted by molar-refractivity contribution is 7.80. The first-order valence-corrected chi connectivity index (χ1v) is 8.62. The zero-order valence-corrected chi connectivity index (χ0v) is 14.7. The van der Waals surface area contributed by atoms with Crippen molar-refractivity contribution < 1.29 is 9.53 Å². The van der Waals surface area contributed by atoms with Crippen LogP contribution in [0.3, 0.4) is 0 Å². The molecule has 3 rings (SSSR count). The van der Waals surface area contributed by atoms with Gasteiger partial charge in [0, 0.05) is 10.6 Å². The van der Waals surface area contributed by atoms with Crippen LogP contribution in [0.25, 0.3) is 0 Å². The van der Waals surface area contributed by atoms with Gasteiger partial charge in [-0.05, 0) is 35.8 Å². The normalized spacial score (nSPS) is 20.0. The van der Waals surface area contributed by atoms with Crippen molar-refractivity contribution in [3.05, 3.63) is 58.9 Å². The van der Waals surface area contributed by atoms with E-state index in [4.69, 9.17) is 17.0 Å². The first-order valence-electron chi connectivity index (χ1n) is 7.33. The fraction of sp³-hybridized carbons (Fsp3) is 0.176. The number of anilines is 1. The summed E-state index contributed by atoms with van der Waals surface area (Å²) >= 11 is 6.79. The van der Waals surface area contributed by atoms with Crippen LogP contribution in [0, 0.1) is 5.92 Å². The number of benzene rings is 1. The van der Waals surface area contributed by atoms with Gasteiger partial charge in [0.2, 0.25) is 5.91 Å². The van der Waals surface area contributed by atoms with E-state index in [-0.39, 0.29) is 11.9 Å². The van der Waals surface area contributed by atoms with Crippen molar-refractivity contribution in [3.63, 3.8) is 0 Å². The lowest BCUT2D eigenvalue weighted by Gasteiger charge is -2.34. The lowest BCUT2D eigenvalue weighted by Crippen LogP contribution is -2.51. The van der Waals surface area contributed by atoms with E-state index in [1.54, 1.807) is 30.6 Å². The zero-order valence-electron chi connectivity index (χ0n) is 13.0. The number of carbonyl (C=O) groups excluding carboxylic acids is 1. The zero-order chi connectivity index (χ0) is 17.1. The van der Waals surface area contributed by atoms with Gasteiger partial charge >= 0.3 is 0 Å². The Labute approximate surface area is 149 Å². The number of methoxy groups -OCH3 is 1. The second-order valence-corrected chi connectivity index (χ2v) is 6.67. The fourth-order valence-corrected chi connectivity index (χ4v) is 3.73. The molecule has 2 atom stereocenters. The van der Waals surface area contributed by atoms with E-state index in [0.717, 1.165) is 4.88 Å². The smallest absolute Gasteiger partial charge is 0.236 e. The minimum absolute atomic E-state index is 0.176. The van der Waals surface area contributed by atoms with Gasteiger partial charge < -0.3 is 20.7 Å². The molecule has 1 aliphatic heterocycles. The number of amides is 1. The van der Waals surface area contributed by atoms with Crippen molar-refractivity contribution >= 4 is 40.3 Å². The van der Waals surface area contributed by atoms with Crippen molar-refractivity contribution in [1.29, 1.82) is 0 Å². The maximum atomic E-state index is 12.9. The summed E-state index contributed by atoms with van der Waals surface area (Å²) in [5, 5.41) is 11.5. The molecule has 1 fully saturated rings. The number of ether oxygens (including phenoxy) is 1. The molecule has 1 saturated heterocycles. The summed E-state index contributed by atoms with van der Waals surface area (Å²) in [6.45, 7) is 3.99. The highest BCUT2D eigenvalue weighted by atomic mass is 32.1. The molecule has 1 aromatic heterocycles. The summed E-state index contributed by atoms with van der Waals surface area (Å²) in [5.74, 6) is -0.0675. The minimum atomic E-state index is -0.500. The fourth-order valence-electron chi connectivity index (χ4n) is 2.66. The van der Waals surface area contributed by atoms with Crippen LogP contribution < -0.4 is 20.7 Å². The van der Waals surface area contributed by atoms with Crippen molar-refractivity contribution in [1.82, 2.24) is 10.6 Å². The van der Waals surface area contributed by atoms with E-state index in [0.29, 0.717) is 22.2 Å². The molecule has 0 bridgehead atoms. The molecule has 0 saturated carbocycles. The topological polar surface area (TPSA) is 62.4 Å². The predicted octanol–water partition coefficient (Wildman–Crippen LogP) is 3.04. The summed E-state index contributed by atoms with van der Waals surface area (Å²) < 4.78 is 5.29. The Balaban J connectivity index is 1.88. The van der Waals surface area contributed by atoms with Gasteiger partial charge in [-0.15, -0.1) is 11.3 Å². The molecule has 7 heteroatoms. The van der Waals surface area contributed by atoms with Crippen LogP contribution in [-0.4, -0.2) is 18.1 Å². The second kappa shape index (κ2) is 7.02. The number of thiocarbonyl (C=S) groups is 1. The van der Waals surface area contributed by atoms with E-state index in [2.05, 4.69) is 22.5 Å². The van der Waals surface area contributed by atoms with E-state index in [1.165, 1.54) is 0 Å². The van der Waals surface area contributed by atoms with Crippen LogP contribution in [0.4, 0.5) is 5.69 Å². The number of carbonyl (C=O) groups is 1. The molecule has 5 nitrogen and oxygen atoms in total. The van der Waals surface area contributed by atoms with Gasteiger partial charge in [-0.1, -0.05) is 24.8 Å². The molecule has 24 heavy (non-hydrogen) atoms. The largest absolute Gasteiger partial charge is 0.495 e. The number of hydrogen-bond donors (Lipinski definition) is 3. The van der Waals surface area contributed by atoms with E-state index < -0.39 is 5.92 Å². The van der Waals surface area contributed by atoms with Crippen molar-refractivity contribution in [2.75, 3.05) is 12.4 Å². The Bertz CT molecular complexity index is 774. The molecule has 2 heterocycles. The van der Waals surface area contributed by atoms with Crippen LogP contribution in [0.15, 0.2) is 54.1 Å². The average molecular weight is 359 g/mol. The number of para-hydroxylation sites is 2. The standard InChI is InChI=1S/C17H17N3O2S2/c1-10-14(15(20-17(23)18-10)13-8-5-9-24-13)16(21)19-11-6-3-4-7-12(11)22-2/h3-9,14-15H,1H2,2H3,(H,19,21)(H2,18,20,23). The maximum absolute atomic E-state index is 12.9. The molecule has 0 radical (unpaired) electrons. The van der Waals surface area contributed by atoms with E-state index in [9.17, 15) is 4.79 Å². The molecule has 2 unspecified atom stereocenters. The van der Waals surface area contributed by atoms with Crippen LogP contribution in [0.2, 0.25) is 0 Å². The van der Waals surface area contributed by atoms with Crippen LogP contribution in [-0.2, 0) is 4.79 Å². The average Bonchev–Trinajstić information content (AvgIpc) is 3.08. The Kier molecular flexibility index (Phi) is 4.82. The van der Waals surface area contributed by atoms with E-state index in [1.807, 2.05) is 29.6 Å². The molecule has 3 N–H and O–H groups in total. The Morgan fingerprint density at radius 1 is 1.33 bits per heavy atom. The Morgan fingerprint density at radius 3 is 2.83 bits per heavy atom. The molecule has 1 aromatic carbocycles. The van der Waals surface area contributed by atoms with Gasteiger partial charge in [0.25, 0.3) is 0 Å². The molecule has 2 aromatic rings. The molecule has 124 valence electrons. The molecular formula is C17H17N3O2S2. The van der Waals surface area contributed by atoms with Gasteiger partial charge in [-0.2, -0.15) is 0 Å². The lowest BCUT2D eigenvalue weighted by atomic mass is 9.92. The first kappa shape index (κ1) is 16.5. The van der Waals surface area contributed by atoms with Crippen molar-refractivity contribution in [2.45, 2.75) is 6.04 Å². The number of rotatable bonds is 4. The maximum Gasteiger partial charge on any atom is 0.236 e. The van der Waals surface area contributed by atoms with Gasteiger partial charge in [-0.3, -0.25) is 4.79 Å². The monoisotopic (exact) mass is 359 g/mol. The third kappa shape index (κ3) is 3.27. The van der Waals surface area contributed by atoms with Crippen molar-refractivity contribution in [3.8, 4) is 5.75 Å². The summed E-state index contributed by atoms with van der Waals surface area (Å²) in [7, 11) is 1.57. The summed E-state index contributed by atoms with van der Waals surface area (Å²) in [5.41, 5.74) is 1.19. The third-order valence-electron chi connectivity index (χ3n) is 3.77. The molecule has 0 spiro atoms. The van der Waals surface area contributed by atoms with Gasteiger partial charge in [-0.25, -0.2) is 0 Å². The van der Waals surface area contributed by atoms with Crippen molar-refractivity contribution in [2.24, 2.45) is 5.92 Å². The second-order valence-electron chi connectivity index (χ2n) is 5.28. The molecular weight excluding hydrogens is 342 g/mol. The summed E-state index contributed by atoms with van der Waals surface area (Å²) in [6, 6.07) is 11.0.